The first kappa shape index (κ1) is 15.7. The summed E-state index contributed by atoms with van der Waals surface area (Å²) in [5.41, 5.74) is 9.05. The van der Waals surface area contributed by atoms with Crippen LogP contribution in [0.25, 0.3) is 11.4 Å². The van der Waals surface area contributed by atoms with Crippen LogP contribution in [-0.2, 0) is 13.0 Å². The molecule has 5 heteroatoms. The number of benzene rings is 1. The lowest BCUT2D eigenvalue weighted by molar-refractivity contribution is 0.235. The minimum absolute atomic E-state index is 0.00895. The Morgan fingerprint density at radius 1 is 1.30 bits per heavy atom. The Labute approximate surface area is 136 Å². The number of aromatic nitrogens is 2. The van der Waals surface area contributed by atoms with Crippen LogP contribution in [0.4, 0.5) is 5.69 Å². The summed E-state index contributed by atoms with van der Waals surface area (Å²) < 4.78 is 0. The molecule has 0 aliphatic carbocycles. The molecule has 1 aromatic carbocycles. The molecule has 0 unspecified atom stereocenters. The van der Waals surface area contributed by atoms with Crippen LogP contribution >= 0.6 is 0 Å². The van der Waals surface area contributed by atoms with E-state index in [0.717, 1.165) is 42.9 Å². The maximum absolute atomic E-state index is 12.4. The predicted octanol–water partition coefficient (Wildman–Crippen LogP) is 2.42. The summed E-state index contributed by atoms with van der Waals surface area (Å²) in [5.74, 6) is 1.31. The summed E-state index contributed by atoms with van der Waals surface area (Å²) >= 11 is 0. The molecule has 1 aromatic heterocycles. The molecule has 0 saturated heterocycles. The summed E-state index contributed by atoms with van der Waals surface area (Å²) in [6.45, 7) is 7.22. The van der Waals surface area contributed by atoms with Crippen LogP contribution in [0.2, 0.25) is 0 Å². The summed E-state index contributed by atoms with van der Waals surface area (Å²) in [6.07, 6.45) is 1.95. The molecule has 5 nitrogen and oxygen atoms in total. The zero-order valence-electron chi connectivity index (χ0n) is 13.8. The first-order valence-electron chi connectivity index (χ1n) is 8.23. The second-order valence-electron chi connectivity index (χ2n) is 6.67. The third-order valence-electron chi connectivity index (χ3n) is 4.36. The molecule has 0 spiro atoms. The Balaban J connectivity index is 1.87. The largest absolute Gasteiger partial charge is 0.399 e. The van der Waals surface area contributed by atoms with E-state index in [4.69, 9.17) is 10.7 Å². The van der Waals surface area contributed by atoms with Crippen molar-refractivity contribution in [3.05, 3.63) is 45.9 Å². The molecule has 2 aromatic rings. The van der Waals surface area contributed by atoms with Gasteiger partial charge in [0.25, 0.3) is 5.56 Å². The average molecular weight is 312 g/mol. The molecule has 0 fully saturated rings. The van der Waals surface area contributed by atoms with Crippen molar-refractivity contribution in [1.82, 2.24) is 14.9 Å². The van der Waals surface area contributed by atoms with Gasteiger partial charge in [-0.25, -0.2) is 4.98 Å². The first-order valence-corrected chi connectivity index (χ1v) is 8.23. The number of hydrogen-bond donors (Lipinski definition) is 2. The topological polar surface area (TPSA) is 75.0 Å². The van der Waals surface area contributed by atoms with Gasteiger partial charge >= 0.3 is 0 Å². The number of anilines is 1. The molecule has 2 heterocycles. The van der Waals surface area contributed by atoms with E-state index in [1.165, 1.54) is 6.42 Å². The molecule has 23 heavy (non-hydrogen) atoms. The quantitative estimate of drug-likeness (QED) is 0.850. The number of hydrogen-bond acceptors (Lipinski definition) is 4. The van der Waals surface area contributed by atoms with Crippen molar-refractivity contribution >= 4 is 5.69 Å². The lowest BCUT2D eigenvalue weighted by atomic mass is 10.0. The third kappa shape index (κ3) is 3.62. The molecule has 0 atom stereocenters. The fourth-order valence-corrected chi connectivity index (χ4v) is 2.90. The maximum Gasteiger partial charge on any atom is 0.254 e. The Morgan fingerprint density at radius 2 is 2.04 bits per heavy atom. The Kier molecular flexibility index (Phi) is 4.48. The molecule has 0 radical (unpaired) electrons. The van der Waals surface area contributed by atoms with Gasteiger partial charge < -0.3 is 10.7 Å². The van der Waals surface area contributed by atoms with Gasteiger partial charge in [0.15, 0.2) is 0 Å². The van der Waals surface area contributed by atoms with Gasteiger partial charge in [0, 0.05) is 29.9 Å². The number of rotatable bonds is 4. The molecular weight excluding hydrogens is 288 g/mol. The van der Waals surface area contributed by atoms with E-state index in [1.807, 2.05) is 24.3 Å². The highest BCUT2D eigenvalue weighted by atomic mass is 16.1. The molecule has 3 N–H and O–H groups in total. The second-order valence-corrected chi connectivity index (χ2v) is 6.67. The van der Waals surface area contributed by atoms with Crippen LogP contribution in [-0.4, -0.2) is 28.0 Å². The van der Waals surface area contributed by atoms with E-state index in [0.29, 0.717) is 17.4 Å². The molecule has 0 bridgehead atoms. The Bertz CT molecular complexity index is 734. The lowest BCUT2D eigenvalue weighted by Crippen LogP contribution is -2.36. The summed E-state index contributed by atoms with van der Waals surface area (Å²) in [7, 11) is 0. The molecule has 0 amide bonds. The lowest BCUT2D eigenvalue weighted by Gasteiger charge is -2.28. The zero-order valence-corrected chi connectivity index (χ0v) is 13.8. The van der Waals surface area contributed by atoms with Crippen molar-refractivity contribution in [2.75, 3.05) is 18.8 Å². The summed E-state index contributed by atoms with van der Waals surface area (Å²) in [5, 5.41) is 0. The van der Waals surface area contributed by atoms with E-state index >= 15 is 0 Å². The number of fused-ring (bicyclic) bond motifs is 1. The second kappa shape index (κ2) is 6.54. The van der Waals surface area contributed by atoms with Gasteiger partial charge in [-0.05, 0) is 49.6 Å². The summed E-state index contributed by atoms with van der Waals surface area (Å²) in [4.78, 5) is 22.4. The van der Waals surface area contributed by atoms with Crippen molar-refractivity contribution in [3.63, 3.8) is 0 Å². The van der Waals surface area contributed by atoms with E-state index in [1.54, 1.807) is 0 Å². The first-order chi connectivity index (χ1) is 11.0. The van der Waals surface area contributed by atoms with E-state index in [9.17, 15) is 4.79 Å². The molecule has 1 aliphatic heterocycles. The van der Waals surface area contributed by atoms with Gasteiger partial charge in [-0.3, -0.25) is 9.69 Å². The average Bonchev–Trinajstić information content (AvgIpc) is 2.53. The number of H-pyrrole nitrogens is 1. The van der Waals surface area contributed by atoms with Crippen LogP contribution < -0.4 is 11.3 Å². The highest BCUT2D eigenvalue weighted by molar-refractivity contribution is 5.58. The van der Waals surface area contributed by atoms with E-state index in [-0.39, 0.29) is 5.56 Å². The van der Waals surface area contributed by atoms with E-state index in [2.05, 4.69) is 23.7 Å². The van der Waals surface area contributed by atoms with Crippen LogP contribution in [0.1, 0.15) is 31.5 Å². The third-order valence-corrected chi connectivity index (χ3v) is 4.36. The minimum Gasteiger partial charge on any atom is -0.399 e. The van der Waals surface area contributed by atoms with Gasteiger partial charge in [0.2, 0.25) is 0 Å². The molecule has 122 valence electrons. The minimum atomic E-state index is -0.00895. The van der Waals surface area contributed by atoms with Crippen molar-refractivity contribution < 1.29 is 0 Å². The molecule has 1 aliphatic rings. The maximum atomic E-state index is 12.4. The van der Waals surface area contributed by atoms with Gasteiger partial charge in [0.05, 0.1) is 5.69 Å². The SMILES string of the molecule is CC(C)CCN1CCc2c(nc(-c3ccc(N)cc3)[nH]c2=O)C1. The number of aromatic amines is 1. The van der Waals surface area contributed by atoms with Gasteiger partial charge in [-0.15, -0.1) is 0 Å². The molecular formula is C18H24N4O. The monoisotopic (exact) mass is 312 g/mol. The fourth-order valence-electron chi connectivity index (χ4n) is 2.90. The normalized spacial score (nSPS) is 14.9. The van der Waals surface area contributed by atoms with Crippen LogP contribution in [0.3, 0.4) is 0 Å². The number of nitrogens with zero attached hydrogens (tertiary/aromatic N) is 2. The fraction of sp³-hybridized carbons (Fsp3) is 0.444. The van der Waals surface area contributed by atoms with Crippen molar-refractivity contribution in [2.24, 2.45) is 5.92 Å². The van der Waals surface area contributed by atoms with Crippen molar-refractivity contribution in [3.8, 4) is 11.4 Å². The number of nitrogens with one attached hydrogen (secondary N) is 1. The Hall–Kier alpha value is -2.14. The highest BCUT2D eigenvalue weighted by Crippen LogP contribution is 2.20. The smallest absolute Gasteiger partial charge is 0.254 e. The van der Waals surface area contributed by atoms with Crippen LogP contribution in [0, 0.1) is 5.92 Å². The summed E-state index contributed by atoms with van der Waals surface area (Å²) in [6, 6.07) is 7.42. The Morgan fingerprint density at radius 3 is 2.74 bits per heavy atom. The van der Waals surface area contributed by atoms with Crippen LogP contribution in [0.5, 0.6) is 0 Å². The van der Waals surface area contributed by atoms with Gasteiger partial charge in [0.1, 0.15) is 5.82 Å². The van der Waals surface area contributed by atoms with Gasteiger partial charge in [-0.1, -0.05) is 13.8 Å². The van der Waals surface area contributed by atoms with Crippen LogP contribution in [0.15, 0.2) is 29.1 Å². The zero-order chi connectivity index (χ0) is 16.4. The number of nitrogen functional groups attached to an aromatic ring is 1. The molecule has 0 saturated carbocycles. The van der Waals surface area contributed by atoms with Crippen molar-refractivity contribution in [1.29, 1.82) is 0 Å². The van der Waals surface area contributed by atoms with E-state index < -0.39 is 0 Å². The molecule has 3 rings (SSSR count). The van der Waals surface area contributed by atoms with Crippen molar-refractivity contribution in [2.45, 2.75) is 33.2 Å². The highest BCUT2D eigenvalue weighted by Gasteiger charge is 2.21. The standard InChI is InChI=1S/C18H24N4O/c1-12(2)7-9-22-10-8-15-16(11-22)20-17(21-18(15)23)13-3-5-14(19)6-4-13/h3-6,12H,7-11,19H2,1-2H3,(H,20,21,23). The predicted molar refractivity (Wildman–Crippen MR) is 93.1 cm³/mol. The number of nitrogens with two attached hydrogens (primary N) is 1. The van der Waals surface area contributed by atoms with Gasteiger partial charge in [-0.2, -0.15) is 0 Å².